The van der Waals surface area contributed by atoms with Gasteiger partial charge in [-0.15, -0.1) is 0 Å². The topological polar surface area (TPSA) is 71.6 Å². The SMILES string of the molecule is COc1ccc(CN2CCN(c3ccc(OS(=O)(=O)N(C)C)cc3)CC2)cc1OC. The van der Waals surface area contributed by atoms with E-state index in [2.05, 4.69) is 15.9 Å². The highest BCUT2D eigenvalue weighted by Crippen LogP contribution is 2.28. The van der Waals surface area contributed by atoms with Gasteiger partial charge in [-0.05, 0) is 42.0 Å². The van der Waals surface area contributed by atoms with Crippen LogP contribution < -0.4 is 18.6 Å². The highest BCUT2D eigenvalue weighted by Gasteiger charge is 2.19. The van der Waals surface area contributed by atoms with E-state index < -0.39 is 10.3 Å². The highest BCUT2D eigenvalue weighted by molar-refractivity contribution is 7.84. The van der Waals surface area contributed by atoms with Crippen molar-refractivity contribution in [3.63, 3.8) is 0 Å². The molecule has 0 spiro atoms. The fourth-order valence-corrected chi connectivity index (χ4v) is 3.81. The second kappa shape index (κ2) is 9.55. The lowest BCUT2D eigenvalue weighted by atomic mass is 10.1. The van der Waals surface area contributed by atoms with Gasteiger partial charge in [0.15, 0.2) is 11.5 Å². The van der Waals surface area contributed by atoms with Crippen LogP contribution in [0.5, 0.6) is 17.2 Å². The molecule has 1 aliphatic heterocycles. The Bertz CT molecular complexity index is 940. The molecule has 0 saturated carbocycles. The third kappa shape index (κ3) is 5.35. The molecule has 0 bridgehead atoms. The molecule has 9 heteroatoms. The molecule has 0 aliphatic carbocycles. The summed E-state index contributed by atoms with van der Waals surface area (Å²) in [6.45, 7) is 4.50. The van der Waals surface area contributed by atoms with E-state index in [0.29, 0.717) is 5.75 Å². The third-order valence-electron chi connectivity index (χ3n) is 5.08. The predicted octanol–water partition coefficient (Wildman–Crippen LogP) is 2.21. The molecule has 1 saturated heterocycles. The van der Waals surface area contributed by atoms with E-state index in [4.69, 9.17) is 13.7 Å². The van der Waals surface area contributed by atoms with Crippen LogP contribution in [0.4, 0.5) is 5.69 Å². The van der Waals surface area contributed by atoms with Gasteiger partial charge >= 0.3 is 10.3 Å². The normalized spacial score (nSPS) is 15.3. The van der Waals surface area contributed by atoms with Gasteiger partial charge in [-0.3, -0.25) is 4.90 Å². The van der Waals surface area contributed by atoms with Crippen molar-refractivity contribution in [1.82, 2.24) is 9.21 Å². The molecule has 2 aromatic rings. The van der Waals surface area contributed by atoms with Crippen LogP contribution in [0.25, 0.3) is 0 Å². The zero-order valence-corrected chi connectivity index (χ0v) is 18.7. The van der Waals surface area contributed by atoms with Crippen LogP contribution in [0.15, 0.2) is 42.5 Å². The van der Waals surface area contributed by atoms with Crippen molar-refractivity contribution in [1.29, 1.82) is 0 Å². The molecule has 0 unspecified atom stereocenters. The molecule has 8 nitrogen and oxygen atoms in total. The van der Waals surface area contributed by atoms with Crippen LogP contribution in [0.3, 0.4) is 0 Å². The summed E-state index contributed by atoms with van der Waals surface area (Å²) in [5.41, 5.74) is 2.24. The molecular weight excluding hydrogens is 406 g/mol. The van der Waals surface area contributed by atoms with Crippen LogP contribution in [0, 0.1) is 0 Å². The molecule has 2 aromatic carbocycles. The Morgan fingerprint density at radius 3 is 2.10 bits per heavy atom. The zero-order chi connectivity index (χ0) is 21.7. The van der Waals surface area contributed by atoms with Crippen molar-refractivity contribution in [2.45, 2.75) is 6.54 Å². The summed E-state index contributed by atoms with van der Waals surface area (Å²) < 4.78 is 40.5. The average molecular weight is 436 g/mol. The molecule has 30 heavy (non-hydrogen) atoms. The lowest BCUT2D eigenvalue weighted by Crippen LogP contribution is -2.45. The second-order valence-corrected chi connectivity index (χ2v) is 9.02. The number of hydrogen-bond donors (Lipinski definition) is 0. The molecule has 0 atom stereocenters. The summed E-state index contributed by atoms with van der Waals surface area (Å²) in [6, 6.07) is 13.2. The minimum absolute atomic E-state index is 0.305. The Morgan fingerprint density at radius 1 is 0.900 bits per heavy atom. The first-order valence-corrected chi connectivity index (χ1v) is 11.1. The van der Waals surface area contributed by atoms with Crippen molar-refractivity contribution < 1.29 is 22.1 Å². The maximum atomic E-state index is 11.8. The fraction of sp³-hybridized carbons (Fsp3) is 0.429. The van der Waals surface area contributed by atoms with Gasteiger partial charge in [0.05, 0.1) is 14.2 Å². The molecule has 1 fully saturated rings. The minimum Gasteiger partial charge on any atom is -0.493 e. The Kier molecular flexibility index (Phi) is 7.06. The monoisotopic (exact) mass is 435 g/mol. The molecule has 0 aromatic heterocycles. The first-order valence-electron chi connectivity index (χ1n) is 9.72. The van der Waals surface area contributed by atoms with E-state index in [1.807, 2.05) is 24.3 Å². The summed E-state index contributed by atoms with van der Waals surface area (Å²) in [7, 11) is 2.41. The van der Waals surface area contributed by atoms with Crippen LogP contribution in [0.1, 0.15) is 5.56 Å². The molecule has 3 rings (SSSR count). The zero-order valence-electron chi connectivity index (χ0n) is 17.9. The van der Waals surface area contributed by atoms with E-state index in [9.17, 15) is 8.42 Å². The number of hydrogen-bond acceptors (Lipinski definition) is 7. The summed E-state index contributed by atoms with van der Waals surface area (Å²) >= 11 is 0. The van der Waals surface area contributed by atoms with Gasteiger partial charge in [0, 0.05) is 52.5 Å². The van der Waals surface area contributed by atoms with E-state index >= 15 is 0 Å². The number of benzene rings is 2. The number of anilines is 1. The largest absolute Gasteiger partial charge is 0.493 e. The highest BCUT2D eigenvalue weighted by atomic mass is 32.2. The Balaban J connectivity index is 1.55. The first kappa shape index (κ1) is 22.2. The van der Waals surface area contributed by atoms with Crippen molar-refractivity contribution >= 4 is 16.0 Å². The minimum atomic E-state index is -3.74. The fourth-order valence-electron chi connectivity index (χ4n) is 3.31. The van der Waals surface area contributed by atoms with Crippen LogP contribution in [0.2, 0.25) is 0 Å². The first-order chi connectivity index (χ1) is 14.3. The van der Waals surface area contributed by atoms with Crippen LogP contribution in [-0.4, -0.2) is 72.1 Å². The summed E-state index contributed by atoms with van der Waals surface area (Å²) in [4.78, 5) is 4.69. The Morgan fingerprint density at radius 2 is 1.53 bits per heavy atom. The van der Waals surface area contributed by atoms with Crippen molar-refractivity contribution in [2.75, 3.05) is 59.4 Å². The van der Waals surface area contributed by atoms with E-state index in [-0.39, 0.29) is 0 Å². The van der Waals surface area contributed by atoms with E-state index in [0.717, 1.165) is 54.2 Å². The van der Waals surface area contributed by atoms with Gasteiger partial charge in [0.2, 0.25) is 0 Å². The van der Waals surface area contributed by atoms with Crippen molar-refractivity contribution in [3.8, 4) is 17.2 Å². The summed E-state index contributed by atoms with van der Waals surface area (Å²) in [6.07, 6.45) is 0. The third-order valence-corrected chi connectivity index (χ3v) is 6.37. The number of rotatable bonds is 8. The van der Waals surface area contributed by atoms with Crippen LogP contribution in [-0.2, 0) is 16.8 Å². The standard InChI is InChI=1S/C21H29N3O5S/c1-22(2)30(25,26)29-19-8-6-18(7-9-19)24-13-11-23(12-14-24)16-17-5-10-20(27-3)21(15-17)28-4/h5-10,15H,11-14,16H2,1-4H3. The average Bonchev–Trinajstić information content (AvgIpc) is 2.74. The van der Waals surface area contributed by atoms with Crippen molar-refractivity contribution in [2.24, 2.45) is 0 Å². The lowest BCUT2D eigenvalue weighted by Gasteiger charge is -2.36. The molecule has 164 valence electrons. The van der Waals surface area contributed by atoms with E-state index in [1.54, 1.807) is 26.4 Å². The van der Waals surface area contributed by atoms with Crippen LogP contribution >= 0.6 is 0 Å². The Hall–Kier alpha value is -2.49. The van der Waals surface area contributed by atoms with Gasteiger partial charge < -0.3 is 18.6 Å². The summed E-state index contributed by atoms with van der Waals surface area (Å²) in [5.74, 6) is 1.78. The maximum Gasteiger partial charge on any atom is 0.384 e. The van der Waals surface area contributed by atoms with Gasteiger partial charge in [0.25, 0.3) is 0 Å². The quantitative estimate of drug-likeness (QED) is 0.630. The number of methoxy groups -OCH3 is 2. The molecule has 1 aliphatic rings. The molecule has 1 heterocycles. The van der Waals surface area contributed by atoms with Crippen molar-refractivity contribution in [3.05, 3.63) is 48.0 Å². The van der Waals surface area contributed by atoms with Gasteiger partial charge in [-0.2, -0.15) is 12.7 Å². The molecule has 0 radical (unpaired) electrons. The predicted molar refractivity (Wildman–Crippen MR) is 117 cm³/mol. The molecular formula is C21H29N3O5S. The number of ether oxygens (including phenoxy) is 2. The maximum absolute atomic E-state index is 11.8. The van der Waals surface area contributed by atoms with E-state index in [1.165, 1.54) is 19.7 Å². The number of nitrogens with zero attached hydrogens (tertiary/aromatic N) is 3. The Labute approximate surface area is 178 Å². The van der Waals surface area contributed by atoms with Gasteiger partial charge in [-0.1, -0.05) is 6.07 Å². The molecule has 0 amide bonds. The molecule has 0 N–H and O–H groups in total. The van der Waals surface area contributed by atoms with Gasteiger partial charge in [0.1, 0.15) is 5.75 Å². The number of piperazine rings is 1. The lowest BCUT2D eigenvalue weighted by molar-refractivity contribution is 0.249. The smallest absolute Gasteiger partial charge is 0.384 e. The summed E-state index contributed by atoms with van der Waals surface area (Å²) in [5, 5.41) is 0. The van der Waals surface area contributed by atoms with Gasteiger partial charge in [-0.25, -0.2) is 0 Å². The second-order valence-electron chi connectivity index (χ2n) is 7.27.